The lowest BCUT2D eigenvalue weighted by molar-refractivity contribution is -0.116. The third-order valence-corrected chi connectivity index (χ3v) is 4.64. The molecule has 0 aliphatic carbocycles. The maximum Gasteiger partial charge on any atom is 0.147 e. The molecule has 0 heterocycles. The van der Waals surface area contributed by atoms with Gasteiger partial charge < -0.3 is 0 Å². The van der Waals surface area contributed by atoms with Gasteiger partial charge in [-0.25, -0.2) is 0 Å². The fraction of sp³-hybridized carbons (Fsp3) is 0.462. The van der Waals surface area contributed by atoms with E-state index in [1.807, 2.05) is 0 Å². The molecular weight excluding hydrogens is 275 g/mol. The number of Topliss-reactive ketones (excluding diaryl/α,β-unsaturated/α-hetero) is 1. The number of carbonyl (C=O) groups excluding carboxylic acids is 1. The molecule has 0 spiro atoms. The zero-order chi connectivity index (χ0) is 12.8. The molecule has 1 rings (SSSR count). The van der Waals surface area contributed by atoms with E-state index in [0.717, 1.165) is 12.0 Å². The van der Waals surface area contributed by atoms with Crippen molar-refractivity contribution in [1.82, 2.24) is 0 Å². The van der Waals surface area contributed by atoms with Crippen molar-refractivity contribution in [2.75, 3.05) is 5.75 Å². The zero-order valence-electron chi connectivity index (χ0n) is 10.0. The van der Waals surface area contributed by atoms with Gasteiger partial charge in [0.1, 0.15) is 5.78 Å². The first kappa shape index (κ1) is 14.9. The second-order valence-corrected chi connectivity index (χ2v) is 6.19. The Hall–Kier alpha value is -0.180. The lowest BCUT2D eigenvalue weighted by atomic mass is 10.1. The minimum Gasteiger partial charge on any atom is -0.298 e. The van der Waals surface area contributed by atoms with Gasteiger partial charge in [-0.1, -0.05) is 43.1 Å². The van der Waals surface area contributed by atoms with Crippen LogP contribution in [-0.2, 0) is 11.2 Å². The molecule has 0 N–H and O–H groups in total. The molecule has 0 saturated heterocycles. The molecule has 0 amide bonds. The third kappa shape index (κ3) is 4.90. The molecule has 1 aromatic carbocycles. The van der Waals surface area contributed by atoms with Crippen LogP contribution < -0.4 is 0 Å². The van der Waals surface area contributed by atoms with Crippen molar-refractivity contribution in [3.8, 4) is 0 Å². The molecule has 17 heavy (non-hydrogen) atoms. The number of carbonyl (C=O) groups is 1. The second-order valence-electron chi connectivity index (χ2n) is 3.95. The summed E-state index contributed by atoms with van der Waals surface area (Å²) >= 11 is 13.7. The van der Waals surface area contributed by atoms with Gasteiger partial charge in [0.2, 0.25) is 0 Å². The van der Waals surface area contributed by atoms with Crippen LogP contribution in [-0.4, -0.2) is 16.8 Å². The van der Waals surface area contributed by atoms with E-state index in [9.17, 15) is 4.79 Å². The van der Waals surface area contributed by atoms with Crippen LogP contribution in [0.2, 0.25) is 10.0 Å². The topological polar surface area (TPSA) is 17.1 Å². The SMILES string of the molecule is CCC(C)SCC(=O)Cc1c(Cl)cccc1Cl. The van der Waals surface area contributed by atoms with E-state index in [2.05, 4.69) is 13.8 Å². The van der Waals surface area contributed by atoms with E-state index in [1.165, 1.54) is 0 Å². The summed E-state index contributed by atoms with van der Waals surface area (Å²) < 4.78 is 0. The highest BCUT2D eigenvalue weighted by Gasteiger charge is 2.11. The maximum atomic E-state index is 11.8. The Bertz CT molecular complexity index is 373. The Morgan fingerprint density at radius 2 is 1.94 bits per heavy atom. The van der Waals surface area contributed by atoms with E-state index in [1.54, 1.807) is 30.0 Å². The summed E-state index contributed by atoms with van der Waals surface area (Å²) in [4.78, 5) is 11.8. The normalized spacial score (nSPS) is 12.5. The van der Waals surface area contributed by atoms with Gasteiger partial charge in [0.15, 0.2) is 0 Å². The van der Waals surface area contributed by atoms with Crippen molar-refractivity contribution in [3.05, 3.63) is 33.8 Å². The van der Waals surface area contributed by atoms with Crippen molar-refractivity contribution in [2.45, 2.75) is 31.9 Å². The van der Waals surface area contributed by atoms with Crippen LogP contribution in [0.15, 0.2) is 18.2 Å². The number of halogens is 2. The summed E-state index contributed by atoms with van der Waals surface area (Å²) in [5, 5.41) is 1.65. The number of benzene rings is 1. The number of hydrogen-bond donors (Lipinski definition) is 0. The van der Waals surface area contributed by atoms with Gasteiger partial charge in [0.05, 0.1) is 5.75 Å². The van der Waals surface area contributed by atoms with Crippen LogP contribution in [0.1, 0.15) is 25.8 Å². The molecule has 0 aliphatic rings. The van der Waals surface area contributed by atoms with Crippen LogP contribution in [0.25, 0.3) is 0 Å². The molecule has 1 aromatic rings. The van der Waals surface area contributed by atoms with Crippen LogP contribution >= 0.6 is 35.0 Å². The van der Waals surface area contributed by atoms with E-state index in [-0.39, 0.29) is 5.78 Å². The molecule has 4 heteroatoms. The lowest BCUT2D eigenvalue weighted by Gasteiger charge is -2.09. The van der Waals surface area contributed by atoms with Gasteiger partial charge in [-0.3, -0.25) is 4.79 Å². The third-order valence-electron chi connectivity index (χ3n) is 2.54. The average Bonchev–Trinajstić information content (AvgIpc) is 2.31. The predicted molar refractivity (Wildman–Crippen MR) is 77.4 cm³/mol. The summed E-state index contributed by atoms with van der Waals surface area (Å²) in [5.41, 5.74) is 0.741. The number of hydrogen-bond acceptors (Lipinski definition) is 2. The first-order chi connectivity index (χ1) is 8.04. The summed E-state index contributed by atoms with van der Waals surface area (Å²) in [6.07, 6.45) is 1.40. The van der Waals surface area contributed by atoms with Crippen molar-refractivity contribution in [3.63, 3.8) is 0 Å². The molecule has 0 aromatic heterocycles. The molecule has 0 radical (unpaired) electrons. The van der Waals surface area contributed by atoms with Crippen molar-refractivity contribution >= 4 is 40.7 Å². The molecular formula is C13H16Cl2OS. The van der Waals surface area contributed by atoms with Crippen LogP contribution in [0.5, 0.6) is 0 Å². The largest absolute Gasteiger partial charge is 0.298 e. The zero-order valence-corrected chi connectivity index (χ0v) is 12.3. The van der Waals surface area contributed by atoms with Crippen molar-refractivity contribution in [1.29, 1.82) is 0 Å². The minimum absolute atomic E-state index is 0.172. The van der Waals surface area contributed by atoms with Crippen LogP contribution in [0.3, 0.4) is 0 Å². The van der Waals surface area contributed by atoms with Gasteiger partial charge in [-0.15, -0.1) is 0 Å². The predicted octanol–water partition coefficient (Wildman–Crippen LogP) is 4.64. The number of rotatable bonds is 6. The Balaban J connectivity index is 2.56. The van der Waals surface area contributed by atoms with Gasteiger partial charge in [0.25, 0.3) is 0 Å². The minimum atomic E-state index is 0.172. The fourth-order valence-corrected chi connectivity index (χ4v) is 2.64. The molecule has 0 aliphatic heterocycles. The van der Waals surface area contributed by atoms with E-state index >= 15 is 0 Å². The molecule has 1 nitrogen and oxygen atoms in total. The Morgan fingerprint density at radius 3 is 2.47 bits per heavy atom. The average molecular weight is 291 g/mol. The first-order valence-corrected chi connectivity index (χ1v) is 7.41. The fourth-order valence-electron chi connectivity index (χ4n) is 1.30. The van der Waals surface area contributed by atoms with Crippen molar-refractivity contribution < 1.29 is 4.79 Å². The molecule has 0 fully saturated rings. The standard InChI is InChI=1S/C13H16Cl2OS/c1-3-9(2)17-8-10(16)7-11-12(14)5-4-6-13(11)15/h4-6,9H,3,7-8H2,1-2H3. The van der Waals surface area contributed by atoms with Gasteiger partial charge in [0, 0.05) is 21.7 Å². The smallest absolute Gasteiger partial charge is 0.147 e. The Kier molecular flexibility index (Phi) is 6.39. The molecule has 1 atom stereocenters. The van der Waals surface area contributed by atoms with Gasteiger partial charge >= 0.3 is 0 Å². The van der Waals surface area contributed by atoms with Gasteiger partial charge in [-0.2, -0.15) is 11.8 Å². The summed E-state index contributed by atoms with van der Waals surface area (Å²) in [6.45, 7) is 4.24. The molecule has 1 unspecified atom stereocenters. The second kappa shape index (κ2) is 7.30. The van der Waals surface area contributed by atoms with Gasteiger partial charge in [-0.05, 0) is 24.1 Å². The molecule has 0 bridgehead atoms. The number of thioether (sulfide) groups is 1. The highest BCUT2D eigenvalue weighted by atomic mass is 35.5. The van der Waals surface area contributed by atoms with Crippen LogP contribution in [0, 0.1) is 0 Å². The summed E-state index contributed by atoms with van der Waals surface area (Å²) in [6, 6.07) is 5.31. The quantitative estimate of drug-likeness (QED) is 0.759. The van der Waals surface area contributed by atoms with Crippen LogP contribution in [0.4, 0.5) is 0 Å². The monoisotopic (exact) mass is 290 g/mol. The molecule has 94 valence electrons. The highest BCUT2D eigenvalue weighted by molar-refractivity contribution is 8.00. The van der Waals surface area contributed by atoms with Crippen molar-refractivity contribution in [2.24, 2.45) is 0 Å². The van der Waals surface area contributed by atoms with E-state index in [4.69, 9.17) is 23.2 Å². The Labute approximate surface area is 117 Å². The summed E-state index contributed by atoms with van der Waals surface area (Å²) in [7, 11) is 0. The Morgan fingerprint density at radius 1 is 1.35 bits per heavy atom. The maximum absolute atomic E-state index is 11.8. The molecule has 0 saturated carbocycles. The van der Waals surface area contributed by atoms with E-state index < -0.39 is 0 Å². The van der Waals surface area contributed by atoms with E-state index in [0.29, 0.717) is 27.5 Å². The first-order valence-electron chi connectivity index (χ1n) is 5.60. The number of ketones is 1. The highest BCUT2D eigenvalue weighted by Crippen LogP contribution is 2.25. The lowest BCUT2D eigenvalue weighted by Crippen LogP contribution is -2.09. The summed E-state index contributed by atoms with van der Waals surface area (Å²) in [5.74, 6) is 0.696.